The molecule has 0 radical (unpaired) electrons. The summed E-state index contributed by atoms with van der Waals surface area (Å²) in [5.74, 6) is -0.127. The lowest BCUT2D eigenvalue weighted by atomic mass is 10.1. The van der Waals surface area contributed by atoms with Crippen LogP contribution in [-0.2, 0) is 4.79 Å². The molecule has 0 heterocycles. The number of carboxylic acids is 1. The molecule has 0 bridgehead atoms. The van der Waals surface area contributed by atoms with Gasteiger partial charge in [0, 0.05) is 6.08 Å². The van der Waals surface area contributed by atoms with E-state index in [2.05, 4.69) is 12.6 Å². The molecule has 16 heavy (non-hydrogen) atoms. The number of rotatable bonds is 5. The molecule has 1 aromatic rings. The lowest BCUT2D eigenvalue weighted by Crippen LogP contribution is -1.87. The van der Waals surface area contributed by atoms with E-state index in [1.54, 1.807) is 6.08 Å². The van der Waals surface area contributed by atoms with Gasteiger partial charge in [-0.25, -0.2) is 4.79 Å². The van der Waals surface area contributed by atoms with Crippen LogP contribution in [0.15, 0.2) is 36.4 Å². The van der Waals surface area contributed by atoms with E-state index in [-0.39, 0.29) is 0 Å². The molecule has 0 aliphatic rings. The van der Waals surface area contributed by atoms with Crippen LogP contribution in [0.3, 0.4) is 0 Å². The van der Waals surface area contributed by atoms with Crippen molar-refractivity contribution in [3.05, 3.63) is 47.5 Å². The summed E-state index contributed by atoms with van der Waals surface area (Å²) >= 11 is 4.12. The Morgan fingerprint density at radius 2 is 1.88 bits per heavy atom. The molecule has 1 rings (SSSR count). The number of benzene rings is 1. The summed E-state index contributed by atoms with van der Waals surface area (Å²) in [6, 6.07) is 7.66. The Bertz CT molecular complexity index is 408. The largest absolute Gasteiger partial charge is 0.478 e. The minimum absolute atomic E-state index is 0.809. The Labute approximate surface area is 101 Å². The first-order valence-electron chi connectivity index (χ1n) is 5.01. The SMILES string of the molecule is O=C(O)/C=C/c1ccccc1C=CCCS. The molecule has 0 saturated heterocycles. The molecule has 2 nitrogen and oxygen atoms in total. The number of hydrogen-bond acceptors (Lipinski definition) is 2. The normalized spacial score (nSPS) is 11.3. The summed E-state index contributed by atoms with van der Waals surface area (Å²) in [6.07, 6.45) is 7.66. The van der Waals surface area contributed by atoms with Crippen LogP contribution in [0.5, 0.6) is 0 Å². The summed E-state index contributed by atoms with van der Waals surface area (Å²) in [5.41, 5.74) is 1.92. The van der Waals surface area contributed by atoms with Crippen molar-refractivity contribution in [2.75, 3.05) is 5.75 Å². The maximum atomic E-state index is 10.4. The van der Waals surface area contributed by atoms with Crippen LogP contribution >= 0.6 is 12.6 Å². The third-order valence-electron chi connectivity index (χ3n) is 1.99. The molecule has 3 heteroatoms. The fraction of sp³-hybridized carbons (Fsp3) is 0.154. The Morgan fingerprint density at radius 1 is 1.25 bits per heavy atom. The van der Waals surface area contributed by atoms with Crippen molar-refractivity contribution in [1.29, 1.82) is 0 Å². The van der Waals surface area contributed by atoms with E-state index in [0.717, 1.165) is 29.4 Å². The summed E-state index contributed by atoms with van der Waals surface area (Å²) in [7, 11) is 0. The number of carboxylic acid groups (broad SMARTS) is 1. The van der Waals surface area contributed by atoms with Gasteiger partial charge in [0.1, 0.15) is 0 Å². The second-order valence-electron chi connectivity index (χ2n) is 3.22. The third-order valence-corrected chi connectivity index (χ3v) is 2.25. The minimum Gasteiger partial charge on any atom is -0.478 e. The quantitative estimate of drug-likeness (QED) is 0.606. The molecule has 0 amide bonds. The van der Waals surface area contributed by atoms with Gasteiger partial charge in [-0.1, -0.05) is 36.4 Å². The average molecular weight is 234 g/mol. The molecule has 0 aliphatic carbocycles. The highest BCUT2D eigenvalue weighted by atomic mass is 32.1. The Balaban J connectivity index is 2.87. The third kappa shape index (κ3) is 4.36. The molecule has 1 N–H and O–H groups in total. The predicted molar refractivity (Wildman–Crippen MR) is 70.6 cm³/mol. The highest BCUT2D eigenvalue weighted by Crippen LogP contribution is 2.13. The van der Waals surface area contributed by atoms with Crippen LogP contribution in [0.4, 0.5) is 0 Å². The second kappa shape index (κ2) is 6.90. The predicted octanol–water partition coefficient (Wildman–Crippen LogP) is 3.12. The molecule has 84 valence electrons. The number of aliphatic carboxylic acids is 1. The zero-order valence-electron chi connectivity index (χ0n) is 8.84. The van der Waals surface area contributed by atoms with Gasteiger partial charge in [-0.05, 0) is 29.4 Å². The van der Waals surface area contributed by atoms with Crippen molar-refractivity contribution >= 4 is 30.8 Å². The zero-order chi connectivity index (χ0) is 11.8. The summed E-state index contributed by atoms with van der Waals surface area (Å²) in [5, 5.41) is 8.56. The summed E-state index contributed by atoms with van der Waals surface area (Å²) < 4.78 is 0. The van der Waals surface area contributed by atoms with Gasteiger partial charge >= 0.3 is 5.97 Å². The van der Waals surface area contributed by atoms with Crippen molar-refractivity contribution in [3.8, 4) is 0 Å². The number of hydrogen-bond donors (Lipinski definition) is 2. The van der Waals surface area contributed by atoms with E-state index in [4.69, 9.17) is 5.11 Å². The smallest absolute Gasteiger partial charge is 0.328 e. The first kappa shape index (κ1) is 12.6. The van der Waals surface area contributed by atoms with Crippen molar-refractivity contribution in [1.82, 2.24) is 0 Å². The maximum absolute atomic E-state index is 10.4. The van der Waals surface area contributed by atoms with E-state index < -0.39 is 5.97 Å². The standard InChI is InChI=1S/C13H14O2S/c14-13(15)9-8-12-6-2-1-5-11(12)7-3-4-10-16/h1-3,5-9,16H,4,10H2,(H,14,15)/b7-3?,9-8+. The van der Waals surface area contributed by atoms with Crippen LogP contribution in [-0.4, -0.2) is 16.8 Å². The van der Waals surface area contributed by atoms with Crippen molar-refractivity contribution in [2.45, 2.75) is 6.42 Å². The first-order chi connectivity index (χ1) is 7.74. The van der Waals surface area contributed by atoms with E-state index in [9.17, 15) is 4.79 Å². The lowest BCUT2D eigenvalue weighted by Gasteiger charge is -1.99. The molecule has 0 aromatic heterocycles. The second-order valence-corrected chi connectivity index (χ2v) is 3.66. The van der Waals surface area contributed by atoms with Gasteiger partial charge in [0.05, 0.1) is 0 Å². The van der Waals surface area contributed by atoms with Crippen LogP contribution in [0.2, 0.25) is 0 Å². The maximum Gasteiger partial charge on any atom is 0.328 e. The summed E-state index contributed by atoms with van der Waals surface area (Å²) in [4.78, 5) is 10.4. The highest BCUT2D eigenvalue weighted by molar-refractivity contribution is 7.80. The number of carbonyl (C=O) groups is 1. The van der Waals surface area contributed by atoms with Crippen molar-refractivity contribution < 1.29 is 9.90 Å². The van der Waals surface area contributed by atoms with E-state index in [0.29, 0.717) is 0 Å². The number of allylic oxidation sites excluding steroid dienone is 1. The highest BCUT2D eigenvalue weighted by Gasteiger charge is 1.94. The van der Waals surface area contributed by atoms with Crippen LogP contribution in [0.25, 0.3) is 12.2 Å². The summed E-state index contributed by atoms with van der Waals surface area (Å²) in [6.45, 7) is 0. The monoisotopic (exact) mass is 234 g/mol. The van der Waals surface area contributed by atoms with E-state index >= 15 is 0 Å². The molecule has 0 unspecified atom stereocenters. The molecule has 0 spiro atoms. The molecular formula is C13H14O2S. The minimum atomic E-state index is -0.936. The zero-order valence-corrected chi connectivity index (χ0v) is 9.73. The Kier molecular flexibility index (Phi) is 5.43. The van der Waals surface area contributed by atoms with Crippen molar-refractivity contribution in [3.63, 3.8) is 0 Å². The molecule has 0 atom stereocenters. The topological polar surface area (TPSA) is 37.3 Å². The van der Waals surface area contributed by atoms with E-state index in [1.165, 1.54) is 0 Å². The molecule has 0 fully saturated rings. The van der Waals surface area contributed by atoms with Gasteiger partial charge in [-0.2, -0.15) is 12.6 Å². The van der Waals surface area contributed by atoms with E-state index in [1.807, 2.05) is 36.4 Å². The van der Waals surface area contributed by atoms with Gasteiger partial charge in [-0.15, -0.1) is 0 Å². The van der Waals surface area contributed by atoms with Gasteiger partial charge in [-0.3, -0.25) is 0 Å². The fourth-order valence-electron chi connectivity index (χ4n) is 1.26. The van der Waals surface area contributed by atoms with Gasteiger partial charge in [0.25, 0.3) is 0 Å². The Morgan fingerprint density at radius 3 is 2.44 bits per heavy atom. The van der Waals surface area contributed by atoms with Crippen LogP contribution in [0.1, 0.15) is 17.5 Å². The van der Waals surface area contributed by atoms with Crippen molar-refractivity contribution in [2.24, 2.45) is 0 Å². The molecular weight excluding hydrogens is 220 g/mol. The number of thiol groups is 1. The Hall–Kier alpha value is -1.48. The lowest BCUT2D eigenvalue weighted by molar-refractivity contribution is -0.131. The van der Waals surface area contributed by atoms with Gasteiger partial charge in [0.15, 0.2) is 0 Å². The molecule has 1 aromatic carbocycles. The first-order valence-corrected chi connectivity index (χ1v) is 5.64. The average Bonchev–Trinajstić information content (AvgIpc) is 2.28. The molecule has 0 saturated carbocycles. The van der Waals surface area contributed by atoms with Crippen LogP contribution in [0, 0.1) is 0 Å². The van der Waals surface area contributed by atoms with Crippen LogP contribution < -0.4 is 0 Å². The molecule has 0 aliphatic heterocycles. The fourth-order valence-corrected chi connectivity index (χ4v) is 1.41. The van der Waals surface area contributed by atoms with Gasteiger partial charge in [0.2, 0.25) is 0 Å². The van der Waals surface area contributed by atoms with Gasteiger partial charge < -0.3 is 5.11 Å².